The molecule has 1 amide bonds. The van der Waals surface area contributed by atoms with Crippen LogP contribution < -0.4 is 11.1 Å². The van der Waals surface area contributed by atoms with Gasteiger partial charge in [0.25, 0.3) is 5.91 Å². The largest absolute Gasteiger partial charge is 0.396 e. The number of benzene rings is 1. The molecule has 2 atom stereocenters. The molecule has 0 bridgehead atoms. The standard InChI is InChI=1S/C15H20FN3O2/c16-13-5-1-4-12(14(13)17)15(20)18-7-11-8-19-6-2-3-10(19)9-21-11/h1,4-5,10-11H,2-3,6-9,17H2,(H,18,20). The summed E-state index contributed by atoms with van der Waals surface area (Å²) in [5.74, 6) is -0.935. The number of hydrogen-bond donors (Lipinski definition) is 2. The summed E-state index contributed by atoms with van der Waals surface area (Å²) in [5, 5.41) is 2.78. The molecule has 0 aromatic heterocycles. The molecule has 0 radical (unpaired) electrons. The molecule has 1 aromatic rings. The van der Waals surface area contributed by atoms with E-state index in [1.54, 1.807) is 0 Å². The first kappa shape index (κ1) is 14.3. The molecule has 2 heterocycles. The van der Waals surface area contributed by atoms with Crippen molar-refractivity contribution in [1.82, 2.24) is 10.2 Å². The Kier molecular flexibility index (Phi) is 4.07. The number of ether oxygens (including phenoxy) is 1. The highest BCUT2D eigenvalue weighted by Gasteiger charge is 2.32. The van der Waals surface area contributed by atoms with Crippen LogP contribution in [-0.4, -0.2) is 49.2 Å². The number of nitrogen functional groups attached to an aromatic ring is 1. The Hall–Kier alpha value is -1.66. The van der Waals surface area contributed by atoms with Crippen LogP contribution in [0, 0.1) is 5.82 Å². The summed E-state index contributed by atoms with van der Waals surface area (Å²) >= 11 is 0. The quantitative estimate of drug-likeness (QED) is 0.816. The normalized spacial score (nSPS) is 25.6. The predicted molar refractivity (Wildman–Crippen MR) is 77.5 cm³/mol. The first-order chi connectivity index (χ1) is 10.1. The maximum absolute atomic E-state index is 13.3. The van der Waals surface area contributed by atoms with Crippen molar-refractivity contribution in [2.24, 2.45) is 0 Å². The number of fused-ring (bicyclic) bond motifs is 1. The molecule has 2 aliphatic heterocycles. The van der Waals surface area contributed by atoms with Gasteiger partial charge in [-0.1, -0.05) is 6.07 Å². The molecule has 0 aliphatic carbocycles. The minimum Gasteiger partial charge on any atom is -0.396 e. The molecule has 0 saturated carbocycles. The topological polar surface area (TPSA) is 67.6 Å². The van der Waals surface area contributed by atoms with E-state index in [1.165, 1.54) is 31.0 Å². The molecule has 2 unspecified atom stereocenters. The highest BCUT2D eigenvalue weighted by atomic mass is 19.1. The molecule has 2 aliphatic rings. The lowest BCUT2D eigenvalue weighted by molar-refractivity contribution is -0.0461. The van der Waals surface area contributed by atoms with Crippen LogP contribution in [0.25, 0.3) is 0 Å². The second-order valence-corrected chi connectivity index (χ2v) is 5.66. The van der Waals surface area contributed by atoms with Crippen molar-refractivity contribution < 1.29 is 13.9 Å². The minimum atomic E-state index is -0.573. The summed E-state index contributed by atoms with van der Waals surface area (Å²) in [6.45, 7) is 3.08. The molecular weight excluding hydrogens is 273 g/mol. The van der Waals surface area contributed by atoms with Crippen molar-refractivity contribution in [3.8, 4) is 0 Å². The molecule has 6 heteroatoms. The van der Waals surface area contributed by atoms with Crippen molar-refractivity contribution in [1.29, 1.82) is 0 Å². The van der Waals surface area contributed by atoms with Crippen LogP contribution in [0.2, 0.25) is 0 Å². The van der Waals surface area contributed by atoms with Crippen LogP contribution >= 0.6 is 0 Å². The molecule has 0 spiro atoms. The van der Waals surface area contributed by atoms with Gasteiger partial charge in [-0.05, 0) is 31.5 Å². The molecule has 1 aromatic carbocycles. The van der Waals surface area contributed by atoms with Gasteiger partial charge in [-0.25, -0.2) is 4.39 Å². The highest BCUT2D eigenvalue weighted by Crippen LogP contribution is 2.22. The Morgan fingerprint density at radius 3 is 3.24 bits per heavy atom. The van der Waals surface area contributed by atoms with Crippen LogP contribution in [0.5, 0.6) is 0 Å². The van der Waals surface area contributed by atoms with Gasteiger partial charge in [0.1, 0.15) is 5.82 Å². The summed E-state index contributed by atoms with van der Waals surface area (Å²) in [4.78, 5) is 14.5. The Morgan fingerprint density at radius 1 is 1.52 bits per heavy atom. The summed E-state index contributed by atoms with van der Waals surface area (Å²) in [5.41, 5.74) is 5.65. The van der Waals surface area contributed by atoms with Crippen molar-refractivity contribution in [3.63, 3.8) is 0 Å². The van der Waals surface area contributed by atoms with Crippen molar-refractivity contribution in [2.75, 3.05) is 32.0 Å². The van der Waals surface area contributed by atoms with E-state index in [1.807, 2.05) is 0 Å². The molecule has 21 heavy (non-hydrogen) atoms. The van der Waals surface area contributed by atoms with Crippen LogP contribution in [-0.2, 0) is 4.74 Å². The van der Waals surface area contributed by atoms with Crippen molar-refractivity contribution in [3.05, 3.63) is 29.6 Å². The first-order valence-corrected chi connectivity index (χ1v) is 7.33. The third kappa shape index (κ3) is 3.01. The number of carbonyl (C=O) groups is 1. The summed E-state index contributed by atoms with van der Waals surface area (Å²) in [6, 6.07) is 4.78. The summed E-state index contributed by atoms with van der Waals surface area (Å²) in [7, 11) is 0. The van der Waals surface area contributed by atoms with Gasteiger partial charge in [-0.15, -0.1) is 0 Å². The lowest BCUT2D eigenvalue weighted by Gasteiger charge is -2.35. The van der Waals surface area contributed by atoms with Gasteiger partial charge >= 0.3 is 0 Å². The van der Waals surface area contributed by atoms with E-state index < -0.39 is 5.82 Å². The number of para-hydroxylation sites is 1. The summed E-state index contributed by atoms with van der Waals surface area (Å²) < 4.78 is 19.1. The van der Waals surface area contributed by atoms with E-state index in [0.29, 0.717) is 12.6 Å². The zero-order valence-corrected chi connectivity index (χ0v) is 11.8. The second kappa shape index (κ2) is 5.99. The number of rotatable bonds is 3. The van der Waals surface area contributed by atoms with Gasteiger partial charge in [-0.3, -0.25) is 9.69 Å². The van der Waals surface area contributed by atoms with E-state index in [2.05, 4.69) is 10.2 Å². The number of halogens is 1. The minimum absolute atomic E-state index is 0.0157. The van der Waals surface area contributed by atoms with Gasteiger partial charge in [0, 0.05) is 19.1 Å². The van der Waals surface area contributed by atoms with E-state index in [-0.39, 0.29) is 23.3 Å². The maximum atomic E-state index is 13.3. The number of nitrogens with one attached hydrogen (secondary N) is 1. The Balaban J connectivity index is 1.55. The number of morpholine rings is 1. The van der Waals surface area contributed by atoms with Crippen LogP contribution in [0.3, 0.4) is 0 Å². The lowest BCUT2D eigenvalue weighted by atomic mass is 10.1. The third-order valence-corrected chi connectivity index (χ3v) is 4.25. The monoisotopic (exact) mass is 293 g/mol. The number of amides is 1. The second-order valence-electron chi connectivity index (χ2n) is 5.66. The number of hydrogen-bond acceptors (Lipinski definition) is 4. The van der Waals surface area contributed by atoms with Crippen molar-refractivity contribution >= 4 is 11.6 Å². The zero-order valence-electron chi connectivity index (χ0n) is 11.8. The van der Waals surface area contributed by atoms with E-state index in [0.717, 1.165) is 19.7 Å². The number of nitrogens with two attached hydrogens (primary N) is 1. The van der Waals surface area contributed by atoms with E-state index in [4.69, 9.17) is 10.5 Å². The number of nitrogens with zero attached hydrogens (tertiary/aromatic N) is 1. The Labute approximate surface area is 123 Å². The molecule has 3 rings (SSSR count). The third-order valence-electron chi connectivity index (χ3n) is 4.25. The average molecular weight is 293 g/mol. The number of anilines is 1. The molecule has 3 N–H and O–H groups in total. The molecular formula is C15H20FN3O2. The number of carbonyl (C=O) groups excluding carboxylic acids is 1. The SMILES string of the molecule is Nc1c(F)cccc1C(=O)NCC1CN2CCCC2CO1. The predicted octanol–water partition coefficient (Wildman–Crippen LogP) is 1.00. The van der Waals surface area contributed by atoms with Crippen LogP contribution in [0.1, 0.15) is 23.2 Å². The van der Waals surface area contributed by atoms with Crippen molar-refractivity contribution in [2.45, 2.75) is 25.0 Å². The van der Waals surface area contributed by atoms with Gasteiger partial charge in [0.05, 0.1) is 24.0 Å². The lowest BCUT2D eigenvalue weighted by Crippen LogP contribution is -2.50. The van der Waals surface area contributed by atoms with Crippen LogP contribution in [0.15, 0.2) is 18.2 Å². The fourth-order valence-electron chi connectivity index (χ4n) is 3.05. The van der Waals surface area contributed by atoms with E-state index >= 15 is 0 Å². The van der Waals surface area contributed by atoms with Crippen LogP contribution in [0.4, 0.5) is 10.1 Å². The van der Waals surface area contributed by atoms with Gasteiger partial charge in [-0.2, -0.15) is 0 Å². The molecule has 2 saturated heterocycles. The van der Waals surface area contributed by atoms with Gasteiger partial charge < -0.3 is 15.8 Å². The Morgan fingerprint density at radius 2 is 2.38 bits per heavy atom. The average Bonchev–Trinajstić information content (AvgIpc) is 2.95. The molecule has 5 nitrogen and oxygen atoms in total. The zero-order chi connectivity index (χ0) is 14.8. The first-order valence-electron chi connectivity index (χ1n) is 7.33. The highest BCUT2D eigenvalue weighted by molar-refractivity contribution is 5.99. The Bertz CT molecular complexity index is 538. The fourth-order valence-corrected chi connectivity index (χ4v) is 3.05. The summed E-state index contributed by atoms with van der Waals surface area (Å²) in [6.07, 6.45) is 2.39. The fraction of sp³-hybridized carbons (Fsp3) is 0.533. The van der Waals surface area contributed by atoms with E-state index in [9.17, 15) is 9.18 Å². The smallest absolute Gasteiger partial charge is 0.253 e. The molecule has 114 valence electrons. The maximum Gasteiger partial charge on any atom is 0.253 e. The van der Waals surface area contributed by atoms with Gasteiger partial charge in [0.15, 0.2) is 0 Å². The molecule has 2 fully saturated rings. The van der Waals surface area contributed by atoms with Gasteiger partial charge in [0.2, 0.25) is 0 Å².